The molecule has 0 aromatic rings. The topological polar surface area (TPSA) is 37.3 Å². The molecule has 0 saturated heterocycles. The van der Waals surface area contributed by atoms with Gasteiger partial charge in [0.2, 0.25) is 0 Å². The SMILES string of the molecule is CC/C=C\C/C=C\C/C=C/C/C=C\CCCCC(=O)O. The summed E-state index contributed by atoms with van der Waals surface area (Å²) in [6.45, 7) is 2.14. The number of aliphatic carboxylic acids is 1. The van der Waals surface area contributed by atoms with Gasteiger partial charge in [0, 0.05) is 6.42 Å². The molecule has 0 atom stereocenters. The molecule has 2 heteroatoms. The van der Waals surface area contributed by atoms with Gasteiger partial charge in [-0.05, 0) is 44.9 Å². The Labute approximate surface area is 123 Å². The van der Waals surface area contributed by atoms with Crippen LogP contribution in [0.5, 0.6) is 0 Å². The molecule has 0 heterocycles. The van der Waals surface area contributed by atoms with Gasteiger partial charge in [-0.1, -0.05) is 55.5 Å². The Balaban J connectivity index is 3.38. The second kappa shape index (κ2) is 15.5. The second-order valence-corrected chi connectivity index (χ2v) is 4.64. The predicted molar refractivity (Wildman–Crippen MR) is 86.8 cm³/mol. The zero-order chi connectivity index (χ0) is 14.9. The minimum atomic E-state index is -0.699. The average molecular weight is 276 g/mol. The van der Waals surface area contributed by atoms with Crippen molar-refractivity contribution in [2.24, 2.45) is 0 Å². The molecule has 0 rings (SSSR count). The third-order valence-corrected chi connectivity index (χ3v) is 2.73. The number of hydrogen-bond donors (Lipinski definition) is 1. The van der Waals surface area contributed by atoms with Crippen LogP contribution in [0.3, 0.4) is 0 Å². The van der Waals surface area contributed by atoms with Gasteiger partial charge in [0.25, 0.3) is 0 Å². The first-order valence-corrected chi connectivity index (χ1v) is 7.59. The van der Waals surface area contributed by atoms with Gasteiger partial charge in [0.05, 0.1) is 0 Å². The van der Waals surface area contributed by atoms with Crippen LogP contribution in [-0.2, 0) is 4.79 Å². The Morgan fingerprint density at radius 2 is 1.30 bits per heavy atom. The van der Waals surface area contributed by atoms with Crippen LogP contribution >= 0.6 is 0 Å². The van der Waals surface area contributed by atoms with Crippen LogP contribution < -0.4 is 0 Å². The standard InChI is InChI=1S/C18H28O2/c1-2-3-4-5-6-7-8-9-10-11-12-13-14-15-16-17-18(19)20/h3-4,6-7,9-10,12-13H,2,5,8,11,14-17H2,1H3,(H,19,20)/b4-3-,7-6-,10-9+,13-12-. The fourth-order valence-electron chi connectivity index (χ4n) is 1.64. The highest BCUT2D eigenvalue weighted by atomic mass is 16.4. The third-order valence-electron chi connectivity index (χ3n) is 2.73. The largest absolute Gasteiger partial charge is 0.481 e. The molecule has 0 aliphatic carbocycles. The van der Waals surface area contributed by atoms with Gasteiger partial charge in [-0.25, -0.2) is 0 Å². The van der Waals surface area contributed by atoms with Gasteiger partial charge in [-0.15, -0.1) is 0 Å². The molecule has 0 aromatic heterocycles. The first-order chi connectivity index (χ1) is 9.77. The molecular formula is C18H28O2. The van der Waals surface area contributed by atoms with E-state index in [-0.39, 0.29) is 6.42 Å². The minimum absolute atomic E-state index is 0.285. The molecule has 112 valence electrons. The van der Waals surface area contributed by atoms with Crippen molar-refractivity contribution in [2.75, 3.05) is 0 Å². The van der Waals surface area contributed by atoms with Crippen molar-refractivity contribution >= 4 is 5.97 Å². The van der Waals surface area contributed by atoms with E-state index in [1.54, 1.807) is 0 Å². The van der Waals surface area contributed by atoms with E-state index in [9.17, 15) is 4.79 Å². The summed E-state index contributed by atoms with van der Waals surface area (Å²) in [5.41, 5.74) is 0. The maximum Gasteiger partial charge on any atom is 0.303 e. The van der Waals surface area contributed by atoms with Crippen molar-refractivity contribution in [2.45, 2.75) is 58.3 Å². The maximum atomic E-state index is 10.3. The summed E-state index contributed by atoms with van der Waals surface area (Å²) in [4.78, 5) is 10.3. The zero-order valence-corrected chi connectivity index (χ0v) is 12.6. The molecular weight excluding hydrogens is 248 g/mol. The molecule has 0 aliphatic heterocycles. The summed E-state index contributed by atoms with van der Waals surface area (Å²) in [6.07, 6.45) is 24.4. The molecule has 0 fully saturated rings. The zero-order valence-electron chi connectivity index (χ0n) is 12.6. The van der Waals surface area contributed by atoms with Crippen molar-refractivity contribution in [3.63, 3.8) is 0 Å². The molecule has 0 aliphatic rings. The van der Waals surface area contributed by atoms with Gasteiger partial charge in [-0.2, -0.15) is 0 Å². The van der Waals surface area contributed by atoms with Crippen LogP contribution in [0.15, 0.2) is 48.6 Å². The number of hydrogen-bond acceptors (Lipinski definition) is 1. The highest BCUT2D eigenvalue weighted by Crippen LogP contribution is 2.01. The van der Waals surface area contributed by atoms with E-state index in [0.29, 0.717) is 0 Å². The Morgan fingerprint density at radius 3 is 1.80 bits per heavy atom. The lowest BCUT2D eigenvalue weighted by molar-refractivity contribution is -0.137. The van der Waals surface area contributed by atoms with E-state index < -0.39 is 5.97 Å². The summed E-state index contributed by atoms with van der Waals surface area (Å²) < 4.78 is 0. The Morgan fingerprint density at radius 1 is 0.800 bits per heavy atom. The van der Waals surface area contributed by atoms with Crippen LogP contribution in [0.1, 0.15) is 58.3 Å². The fraction of sp³-hybridized carbons (Fsp3) is 0.500. The van der Waals surface area contributed by atoms with Gasteiger partial charge < -0.3 is 5.11 Å². The van der Waals surface area contributed by atoms with Crippen molar-refractivity contribution in [3.8, 4) is 0 Å². The highest BCUT2D eigenvalue weighted by molar-refractivity contribution is 5.66. The molecule has 0 spiro atoms. The minimum Gasteiger partial charge on any atom is -0.481 e. The fourth-order valence-corrected chi connectivity index (χ4v) is 1.64. The third kappa shape index (κ3) is 16.4. The maximum absolute atomic E-state index is 10.3. The van der Waals surface area contributed by atoms with Crippen molar-refractivity contribution < 1.29 is 9.90 Å². The molecule has 20 heavy (non-hydrogen) atoms. The number of carboxylic acid groups (broad SMARTS) is 1. The second-order valence-electron chi connectivity index (χ2n) is 4.64. The lowest BCUT2D eigenvalue weighted by atomic mass is 10.2. The van der Waals surface area contributed by atoms with Gasteiger partial charge in [0.1, 0.15) is 0 Å². The van der Waals surface area contributed by atoms with E-state index in [0.717, 1.165) is 44.9 Å². The molecule has 1 N–H and O–H groups in total. The number of carbonyl (C=O) groups is 1. The number of allylic oxidation sites excluding steroid dienone is 8. The van der Waals surface area contributed by atoms with Crippen LogP contribution in [0.25, 0.3) is 0 Å². The predicted octanol–water partition coefficient (Wildman–Crippen LogP) is 5.44. The monoisotopic (exact) mass is 276 g/mol. The average Bonchev–Trinajstić information content (AvgIpc) is 2.43. The lowest BCUT2D eigenvalue weighted by Gasteiger charge is -1.92. The van der Waals surface area contributed by atoms with E-state index in [2.05, 4.69) is 55.5 Å². The van der Waals surface area contributed by atoms with Crippen LogP contribution in [0.2, 0.25) is 0 Å². The lowest BCUT2D eigenvalue weighted by Crippen LogP contribution is -1.92. The van der Waals surface area contributed by atoms with Crippen LogP contribution in [0, 0.1) is 0 Å². The Kier molecular flexibility index (Phi) is 14.3. The summed E-state index contributed by atoms with van der Waals surface area (Å²) in [6, 6.07) is 0. The first kappa shape index (κ1) is 18.4. The summed E-state index contributed by atoms with van der Waals surface area (Å²) >= 11 is 0. The molecule has 0 saturated carbocycles. The summed E-state index contributed by atoms with van der Waals surface area (Å²) in [5, 5.41) is 8.48. The van der Waals surface area contributed by atoms with Crippen molar-refractivity contribution in [1.29, 1.82) is 0 Å². The Bertz CT molecular complexity index is 335. The van der Waals surface area contributed by atoms with E-state index in [1.807, 2.05) is 0 Å². The van der Waals surface area contributed by atoms with E-state index >= 15 is 0 Å². The molecule has 0 aromatic carbocycles. The number of unbranched alkanes of at least 4 members (excludes halogenated alkanes) is 2. The van der Waals surface area contributed by atoms with Crippen LogP contribution in [0.4, 0.5) is 0 Å². The van der Waals surface area contributed by atoms with E-state index in [4.69, 9.17) is 5.11 Å². The van der Waals surface area contributed by atoms with E-state index in [1.165, 1.54) is 0 Å². The molecule has 0 unspecified atom stereocenters. The number of rotatable bonds is 12. The van der Waals surface area contributed by atoms with Crippen LogP contribution in [-0.4, -0.2) is 11.1 Å². The Hall–Kier alpha value is -1.57. The van der Waals surface area contributed by atoms with Gasteiger partial charge in [0.15, 0.2) is 0 Å². The smallest absolute Gasteiger partial charge is 0.303 e. The quantitative estimate of drug-likeness (QED) is 0.381. The van der Waals surface area contributed by atoms with Gasteiger partial charge >= 0.3 is 5.97 Å². The molecule has 0 amide bonds. The molecule has 0 bridgehead atoms. The summed E-state index contributed by atoms with van der Waals surface area (Å²) in [5.74, 6) is -0.699. The normalized spacial score (nSPS) is 12.4. The van der Waals surface area contributed by atoms with Gasteiger partial charge in [-0.3, -0.25) is 4.79 Å². The summed E-state index contributed by atoms with van der Waals surface area (Å²) in [7, 11) is 0. The first-order valence-electron chi connectivity index (χ1n) is 7.59. The molecule has 2 nitrogen and oxygen atoms in total. The highest BCUT2D eigenvalue weighted by Gasteiger charge is 1.93. The molecule has 0 radical (unpaired) electrons. The van der Waals surface area contributed by atoms with Crippen molar-refractivity contribution in [1.82, 2.24) is 0 Å². The van der Waals surface area contributed by atoms with Crippen molar-refractivity contribution in [3.05, 3.63) is 48.6 Å². The number of carboxylic acids is 1.